The van der Waals surface area contributed by atoms with Crippen molar-refractivity contribution in [1.29, 1.82) is 0 Å². The standard InChI is InChI=1S/C15H13ClFN3/c1-9(18)14-13(16)12-6-3-7-19-15(12)20(14)11-5-2-4-10(17)8-11/h2-9H,18H2,1H3. The number of nitrogens with two attached hydrogens (primary N) is 1. The Bertz CT molecular complexity index is 780. The average Bonchev–Trinajstić information content (AvgIpc) is 2.73. The van der Waals surface area contributed by atoms with Crippen LogP contribution in [0.5, 0.6) is 0 Å². The molecule has 2 heterocycles. The van der Waals surface area contributed by atoms with Crippen molar-refractivity contribution in [3.63, 3.8) is 0 Å². The SMILES string of the molecule is CC(N)c1c(Cl)c2cccnc2n1-c1cccc(F)c1. The first kappa shape index (κ1) is 13.1. The third-order valence-corrected chi connectivity index (χ3v) is 3.60. The van der Waals surface area contributed by atoms with E-state index < -0.39 is 0 Å². The maximum atomic E-state index is 13.5. The van der Waals surface area contributed by atoms with Crippen LogP contribution in [0.3, 0.4) is 0 Å². The van der Waals surface area contributed by atoms with E-state index in [2.05, 4.69) is 4.98 Å². The van der Waals surface area contributed by atoms with Gasteiger partial charge >= 0.3 is 0 Å². The van der Waals surface area contributed by atoms with E-state index in [1.807, 2.05) is 23.6 Å². The van der Waals surface area contributed by atoms with Crippen LogP contribution in [0.2, 0.25) is 5.02 Å². The van der Waals surface area contributed by atoms with Crippen LogP contribution in [-0.2, 0) is 0 Å². The first-order valence-electron chi connectivity index (χ1n) is 6.26. The Balaban J connectivity index is 2.41. The highest BCUT2D eigenvalue weighted by atomic mass is 35.5. The molecule has 1 unspecified atom stereocenters. The molecule has 0 fully saturated rings. The molecule has 0 radical (unpaired) electrons. The van der Waals surface area contributed by atoms with Gasteiger partial charge in [0.15, 0.2) is 0 Å². The van der Waals surface area contributed by atoms with Crippen molar-refractivity contribution < 1.29 is 4.39 Å². The fourth-order valence-corrected chi connectivity index (χ4v) is 2.78. The zero-order chi connectivity index (χ0) is 14.3. The molecule has 3 rings (SSSR count). The van der Waals surface area contributed by atoms with Gasteiger partial charge < -0.3 is 5.73 Å². The zero-order valence-corrected chi connectivity index (χ0v) is 11.6. The lowest BCUT2D eigenvalue weighted by Crippen LogP contribution is -2.12. The molecule has 0 saturated carbocycles. The number of hydrogen-bond acceptors (Lipinski definition) is 2. The molecule has 20 heavy (non-hydrogen) atoms. The molecule has 3 nitrogen and oxygen atoms in total. The lowest BCUT2D eigenvalue weighted by atomic mass is 10.2. The highest BCUT2D eigenvalue weighted by Crippen LogP contribution is 2.35. The van der Waals surface area contributed by atoms with Gasteiger partial charge in [0, 0.05) is 17.6 Å². The molecule has 0 spiro atoms. The summed E-state index contributed by atoms with van der Waals surface area (Å²) >= 11 is 6.41. The van der Waals surface area contributed by atoms with Crippen molar-refractivity contribution in [2.45, 2.75) is 13.0 Å². The van der Waals surface area contributed by atoms with Crippen LogP contribution < -0.4 is 5.73 Å². The minimum atomic E-state index is -0.313. The summed E-state index contributed by atoms with van der Waals surface area (Å²) in [6.45, 7) is 1.84. The van der Waals surface area contributed by atoms with Gasteiger partial charge in [-0.1, -0.05) is 17.7 Å². The normalized spacial score (nSPS) is 12.8. The number of aromatic nitrogens is 2. The van der Waals surface area contributed by atoms with Gasteiger partial charge in [-0.25, -0.2) is 9.37 Å². The maximum absolute atomic E-state index is 13.5. The summed E-state index contributed by atoms with van der Waals surface area (Å²) in [5.74, 6) is -0.313. The molecule has 102 valence electrons. The van der Waals surface area contributed by atoms with Crippen molar-refractivity contribution in [1.82, 2.24) is 9.55 Å². The minimum absolute atomic E-state index is 0.292. The second-order valence-electron chi connectivity index (χ2n) is 4.68. The van der Waals surface area contributed by atoms with Crippen molar-refractivity contribution in [3.05, 3.63) is 59.1 Å². The third kappa shape index (κ3) is 1.97. The zero-order valence-electron chi connectivity index (χ0n) is 10.8. The van der Waals surface area contributed by atoms with Crippen molar-refractivity contribution in [3.8, 4) is 5.69 Å². The smallest absolute Gasteiger partial charge is 0.146 e. The maximum Gasteiger partial charge on any atom is 0.146 e. The molecule has 3 aromatic rings. The van der Waals surface area contributed by atoms with Gasteiger partial charge in [-0.05, 0) is 37.3 Å². The second kappa shape index (κ2) is 4.89. The predicted molar refractivity (Wildman–Crippen MR) is 78.6 cm³/mol. The fourth-order valence-electron chi connectivity index (χ4n) is 2.38. The predicted octanol–water partition coefficient (Wildman–Crippen LogP) is 3.84. The van der Waals surface area contributed by atoms with E-state index in [-0.39, 0.29) is 11.9 Å². The van der Waals surface area contributed by atoms with E-state index in [4.69, 9.17) is 17.3 Å². The number of halogens is 2. The Morgan fingerprint density at radius 2 is 2.10 bits per heavy atom. The van der Waals surface area contributed by atoms with E-state index in [1.165, 1.54) is 12.1 Å². The molecule has 0 bridgehead atoms. The summed E-state index contributed by atoms with van der Waals surface area (Å²) in [5, 5.41) is 1.37. The molecule has 5 heteroatoms. The molecule has 0 aliphatic carbocycles. The molecule has 2 N–H and O–H groups in total. The molecular formula is C15H13ClFN3. The third-order valence-electron chi connectivity index (χ3n) is 3.20. The van der Waals surface area contributed by atoms with Gasteiger partial charge in [0.05, 0.1) is 16.4 Å². The lowest BCUT2D eigenvalue weighted by Gasteiger charge is -2.13. The molecule has 0 aliphatic heterocycles. The van der Waals surface area contributed by atoms with Crippen LogP contribution in [0.1, 0.15) is 18.7 Å². The Kier molecular flexibility index (Phi) is 3.20. The largest absolute Gasteiger partial charge is 0.323 e. The quantitative estimate of drug-likeness (QED) is 0.779. The van der Waals surface area contributed by atoms with Gasteiger partial charge in [-0.15, -0.1) is 0 Å². The van der Waals surface area contributed by atoms with Gasteiger partial charge in [-0.3, -0.25) is 4.57 Å². The van der Waals surface area contributed by atoms with E-state index >= 15 is 0 Å². The highest BCUT2D eigenvalue weighted by Gasteiger charge is 2.20. The number of nitrogens with zero attached hydrogens (tertiary/aromatic N) is 2. The van der Waals surface area contributed by atoms with Crippen LogP contribution in [0.25, 0.3) is 16.7 Å². The molecule has 1 atom stereocenters. The summed E-state index contributed by atoms with van der Waals surface area (Å²) in [4.78, 5) is 4.35. The molecule has 0 aliphatic rings. The van der Waals surface area contributed by atoms with Crippen LogP contribution >= 0.6 is 11.6 Å². The van der Waals surface area contributed by atoms with Crippen molar-refractivity contribution >= 4 is 22.6 Å². The van der Waals surface area contributed by atoms with Crippen LogP contribution in [0.15, 0.2) is 42.6 Å². The van der Waals surface area contributed by atoms with Crippen LogP contribution in [0, 0.1) is 5.82 Å². The number of hydrogen-bond donors (Lipinski definition) is 1. The van der Waals surface area contributed by atoms with E-state index in [0.29, 0.717) is 16.4 Å². The number of benzene rings is 1. The second-order valence-corrected chi connectivity index (χ2v) is 5.06. The van der Waals surface area contributed by atoms with Crippen molar-refractivity contribution in [2.24, 2.45) is 5.73 Å². The van der Waals surface area contributed by atoms with Crippen LogP contribution in [0.4, 0.5) is 4.39 Å². The summed E-state index contributed by atoms with van der Waals surface area (Å²) in [6, 6.07) is 9.70. The summed E-state index contributed by atoms with van der Waals surface area (Å²) in [5.41, 5.74) is 8.09. The average molecular weight is 290 g/mol. The number of pyridine rings is 1. The Morgan fingerprint density at radius 3 is 2.80 bits per heavy atom. The first-order valence-corrected chi connectivity index (χ1v) is 6.63. The van der Waals surface area contributed by atoms with E-state index in [1.54, 1.807) is 18.3 Å². The molecule has 0 saturated heterocycles. The van der Waals surface area contributed by atoms with Crippen molar-refractivity contribution in [2.75, 3.05) is 0 Å². The Hall–Kier alpha value is -1.91. The minimum Gasteiger partial charge on any atom is -0.323 e. The monoisotopic (exact) mass is 289 g/mol. The van der Waals surface area contributed by atoms with Gasteiger partial charge in [0.25, 0.3) is 0 Å². The van der Waals surface area contributed by atoms with Gasteiger partial charge in [-0.2, -0.15) is 0 Å². The van der Waals surface area contributed by atoms with E-state index in [0.717, 1.165) is 11.1 Å². The molecular weight excluding hydrogens is 277 g/mol. The number of rotatable bonds is 2. The lowest BCUT2D eigenvalue weighted by molar-refractivity contribution is 0.626. The Morgan fingerprint density at radius 1 is 1.30 bits per heavy atom. The molecule has 0 amide bonds. The molecule has 1 aromatic carbocycles. The van der Waals surface area contributed by atoms with Gasteiger partial charge in [0.1, 0.15) is 11.5 Å². The van der Waals surface area contributed by atoms with Crippen LogP contribution in [-0.4, -0.2) is 9.55 Å². The fraction of sp³-hybridized carbons (Fsp3) is 0.133. The summed E-state index contributed by atoms with van der Waals surface area (Å²) in [6.07, 6.45) is 1.68. The highest BCUT2D eigenvalue weighted by molar-refractivity contribution is 6.36. The number of fused-ring (bicyclic) bond motifs is 1. The van der Waals surface area contributed by atoms with Gasteiger partial charge in [0.2, 0.25) is 0 Å². The summed E-state index contributed by atoms with van der Waals surface area (Å²) < 4.78 is 15.3. The summed E-state index contributed by atoms with van der Waals surface area (Å²) in [7, 11) is 0. The molecule has 2 aromatic heterocycles. The van der Waals surface area contributed by atoms with E-state index in [9.17, 15) is 4.39 Å². The topological polar surface area (TPSA) is 43.8 Å². The Labute approximate surface area is 120 Å². The first-order chi connectivity index (χ1) is 9.59.